The Kier molecular flexibility index (Phi) is 15.5. The average Bonchev–Trinajstić information content (AvgIpc) is 4.08. The Morgan fingerprint density at radius 1 is 0.754 bits per heavy atom. The van der Waals surface area contributed by atoms with Crippen LogP contribution >= 0.6 is 0 Å². The Morgan fingerprint density at radius 3 is 2.09 bits per heavy atom. The number of ether oxygens (including phenoxy) is 3. The molecule has 0 unspecified atom stereocenters. The Hall–Kier alpha value is -7.94. The highest BCUT2D eigenvalue weighted by atomic mass is 16.5. The zero-order valence-electron chi connectivity index (χ0n) is 39.3. The molecule has 7 rings (SSSR count). The molecule has 0 bridgehead atoms. The van der Waals surface area contributed by atoms with Crippen LogP contribution in [0.5, 0.6) is 11.5 Å². The summed E-state index contributed by atoms with van der Waals surface area (Å²) < 4.78 is 25.2. The second-order valence-corrected chi connectivity index (χ2v) is 16.3. The number of allylic oxidation sites excluding steroid dienone is 2. The summed E-state index contributed by atoms with van der Waals surface area (Å²) in [5, 5.41) is 22.0. The Balaban J connectivity index is 1.30. The van der Waals surface area contributed by atoms with Crippen molar-refractivity contribution in [3.8, 4) is 23.0 Å². The molecule has 0 aliphatic carbocycles. The van der Waals surface area contributed by atoms with E-state index in [2.05, 4.69) is 15.5 Å². The number of carbonyl (C=O) groups excluding carboxylic acids is 4. The number of aryl methyl sites for hydroxylation is 4. The summed E-state index contributed by atoms with van der Waals surface area (Å²) in [5.41, 5.74) is 16.8. The van der Waals surface area contributed by atoms with Gasteiger partial charge in [0.25, 0.3) is 0 Å². The van der Waals surface area contributed by atoms with Crippen molar-refractivity contribution in [1.29, 1.82) is 0 Å². The predicted molar refractivity (Wildman–Crippen MR) is 255 cm³/mol. The van der Waals surface area contributed by atoms with Gasteiger partial charge in [-0.3, -0.25) is 33.3 Å². The minimum atomic E-state index is -1.07. The van der Waals surface area contributed by atoms with Crippen molar-refractivity contribution in [1.82, 2.24) is 49.0 Å². The number of benzene rings is 2. The van der Waals surface area contributed by atoms with Gasteiger partial charge < -0.3 is 45.2 Å². The highest BCUT2D eigenvalue weighted by Crippen LogP contribution is 2.37. The summed E-state index contributed by atoms with van der Waals surface area (Å²) >= 11 is 0. The number of aliphatic carboxylic acids is 1. The summed E-state index contributed by atoms with van der Waals surface area (Å²) in [5.74, 6) is -1.47. The van der Waals surface area contributed by atoms with Crippen LogP contribution in [0.2, 0.25) is 0 Å². The number of carboxylic acids is 1. The van der Waals surface area contributed by atoms with Crippen molar-refractivity contribution in [2.45, 2.75) is 86.0 Å². The number of Topliss-reactive ketones (excluding diaryl/α,β-unsaturated/α-hetero) is 1. The average molecular weight is 945 g/mol. The number of fused-ring (bicyclic) bond motifs is 4. The van der Waals surface area contributed by atoms with Gasteiger partial charge in [0, 0.05) is 87.4 Å². The lowest BCUT2D eigenvalue weighted by molar-refractivity contribution is -0.138. The highest BCUT2D eigenvalue weighted by molar-refractivity contribution is 6.12. The second-order valence-electron chi connectivity index (χ2n) is 16.3. The summed E-state index contributed by atoms with van der Waals surface area (Å²) in [4.78, 5) is 77.1. The van der Waals surface area contributed by atoms with Crippen molar-refractivity contribution in [2.24, 2.45) is 11.5 Å². The predicted octanol–water partition coefficient (Wildman–Crippen LogP) is 4.70. The largest absolute Gasteiger partial charge is 0.491 e. The topological polar surface area (TPSA) is 282 Å². The van der Waals surface area contributed by atoms with Crippen LogP contribution in [0.15, 0.2) is 54.7 Å². The number of hydrogen-bond acceptors (Lipinski definition) is 13. The standard InChI is InChI=1S/C48H56N12O9/c1-6-59-35(20-28(3)55-59)37(61)26-40-53-34-23-31(46(50)66)25-39(68-18-10-14-51-41(62)12-13-42(63)64)44(34)57(40)15-8-9-16-58-43-32(22-30(45(49)65)24-38(43)69-19-11-17-67-5)33-27-52-47(54-48(33)58)36-21-29(4)56-60(36)7-2/h8-9,20-25,27H,6-7,10-19,26H2,1-5H3,(H2,49,65)(H2,50,66)(H,51,62)(H,63,64)/b9-8+. The molecule has 21 heteroatoms. The molecule has 6 N–H and O–H groups in total. The first-order chi connectivity index (χ1) is 33.2. The number of aromatic nitrogens is 9. The molecule has 5 aromatic heterocycles. The number of ketones is 1. The summed E-state index contributed by atoms with van der Waals surface area (Å²) in [6.07, 6.45) is 5.97. The van der Waals surface area contributed by atoms with Gasteiger partial charge in [-0.25, -0.2) is 15.0 Å². The lowest BCUT2D eigenvalue weighted by Crippen LogP contribution is -2.25. The maximum Gasteiger partial charge on any atom is 0.303 e. The van der Waals surface area contributed by atoms with Gasteiger partial charge in [0.2, 0.25) is 17.7 Å². The lowest BCUT2D eigenvalue weighted by atomic mass is 10.1. The molecule has 2 aromatic carbocycles. The number of carboxylic acid groups (broad SMARTS) is 1. The van der Waals surface area contributed by atoms with Crippen molar-refractivity contribution in [3.63, 3.8) is 0 Å². The molecule has 0 saturated carbocycles. The van der Waals surface area contributed by atoms with Crippen LogP contribution in [0.25, 0.3) is 44.5 Å². The Labute approximate surface area is 396 Å². The van der Waals surface area contributed by atoms with E-state index in [-0.39, 0.29) is 68.2 Å². The first-order valence-electron chi connectivity index (χ1n) is 22.7. The fourth-order valence-corrected chi connectivity index (χ4v) is 8.13. The molecule has 3 amide bonds. The molecule has 0 aliphatic rings. The van der Waals surface area contributed by atoms with E-state index in [0.29, 0.717) is 101 Å². The fourth-order valence-electron chi connectivity index (χ4n) is 8.13. The van der Waals surface area contributed by atoms with Gasteiger partial charge in [0.15, 0.2) is 11.6 Å². The van der Waals surface area contributed by atoms with Crippen molar-refractivity contribution < 1.29 is 43.3 Å². The van der Waals surface area contributed by atoms with Gasteiger partial charge in [-0.2, -0.15) is 10.2 Å². The van der Waals surface area contributed by atoms with Crippen LogP contribution in [-0.4, -0.2) is 112 Å². The first-order valence-corrected chi connectivity index (χ1v) is 22.7. The fraction of sp³-hybridized carbons (Fsp3) is 0.375. The number of rotatable bonds is 25. The number of nitrogens with zero attached hydrogens (tertiary/aromatic N) is 9. The Morgan fingerprint density at radius 2 is 1.41 bits per heavy atom. The SMILES string of the molecule is CCn1nc(C)cc1C(=O)Cc1nc2cc(C(N)=O)cc(OCCCNC(=O)CCC(=O)O)c2n1C/C=C/Cn1c2nc(-c3cc(C)nn3CC)ncc2c2cc(C(N)=O)cc(OCCCOC)c21. The minimum Gasteiger partial charge on any atom is -0.491 e. The summed E-state index contributed by atoms with van der Waals surface area (Å²) in [6, 6.07) is 10.1. The minimum absolute atomic E-state index is 0.102. The van der Waals surface area contributed by atoms with Crippen LogP contribution in [0, 0.1) is 13.8 Å². The maximum absolute atomic E-state index is 14.0. The molecule has 362 valence electrons. The monoisotopic (exact) mass is 944 g/mol. The number of carbonyl (C=O) groups is 5. The van der Waals surface area contributed by atoms with E-state index < -0.39 is 23.7 Å². The van der Waals surface area contributed by atoms with Gasteiger partial charge in [0.05, 0.1) is 48.5 Å². The quantitative estimate of drug-likeness (QED) is 0.0344. The van der Waals surface area contributed by atoms with Crippen molar-refractivity contribution in [3.05, 3.63) is 88.8 Å². The first kappa shape index (κ1) is 49.0. The summed E-state index contributed by atoms with van der Waals surface area (Å²) in [7, 11) is 1.61. The van der Waals surface area contributed by atoms with E-state index in [1.807, 2.05) is 59.7 Å². The van der Waals surface area contributed by atoms with Crippen LogP contribution < -0.4 is 26.3 Å². The lowest BCUT2D eigenvalue weighted by Gasteiger charge is -2.13. The Bertz CT molecular complexity index is 3110. The number of nitrogens with one attached hydrogen (secondary N) is 1. The third-order valence-corrected chi connectivity index (χ3v) is 11.3. The van der Waals surface area contributed by atoms with Crippen molar-refractivity contribution >= 4 is 62.4 Å². The van der Waals surface area contributed by atoms with E-state index >= 15 is 0 Å². The zero-order valence-corrected chi connectivity index (χ0v) is 39.3. The zero-order chi connectivity index (χ0) is 49.4. The number of amides is 3. The number of primary amides is 2. The van der Waals surface area contributed by atoms with E-state index in [0.717, 1.165) is 11.4 Å². The molecule has 0 aliphatic heterocycles. The molecule has 21 nitrogen and oxygen atoms in total. The molecular formula is C48H56N12O9. The molecule has 69 heavy (non-hydrogen) atoms. The molecule has 0 atom stereocenters. The van der Waals surface area contributed by atoms with Gasteiger partial charge in [0.1, 0.15) is 39.9 Å². The maximum atomic E-state index is 14.0. The van der Waals surface area contributed by atoms with Gasteiger partial charge in [-0.15, -0.1) is 0 Å². The van der Waals surface area contributed by atoms with Gasteiger partial charge in [-0.05, 0) is 70.5 Å². The molecule has 0 radical (unpaired) electrons. The number of hydrogen-bond donors (Lipinski definition) is 4. The third kappa shape index (κ3) is 11.1. The smallest absolute Gasteiger partial charge is 0.303 e. The molecule has 0 fully saturated rings. The second kappa shape index (κ2) is 21.8. The van der Waals surface area contributed by atoms with Gasteiger partial charge in [-0.1, -0.05) is 12.2 Å². The van der Waals surface area contributed by atoms with E-state index in [1.165, 1.54) is 6.07 Å². The number of nitrogens with two attached hydrogens (primary N) is 2. The van der Waals surface area contributed by atoms with Crippen LogP contribution in [-0.2, 0) is 46.9 Å². The van der Waals surface area contributed by atoms with E-state index in [4.69, 9.17) is 45.7 Å². The van der Waals surface area contributed by atoms with Gasteiger partial charge >= 0.3 is 5.97 Å². The molecule has 5 heterocycles. The molecular weight excluding hydrogens is 889 g/mol. The van der Waals surface area contributed by atoms with Crippen molar-refractivity contribution in [2.75, 3.05) is 33.5 Å². The number of imidazole rings is 1. The normalized spacial score (nSPS) is 11.6. The molecule has 7 aromatic rings. The van der Waals surface area contributed by atoms with E-state index in [1.54, 1.807) is 42.3 Å². The third-order valence-electron chi connectivity index (χ3n) is 11.3. The van der Waals surface area contributed by atoms with Crippen LogP contribution in [0.4, 0.5) is 0 Å². The summed E-state index contributed by atoms with van der Waals surface area (Å²) in [6.45, 7) is 10.2. The van der Waals surface area contributed by atoms with Crippen LogP contribution in [0.3, 0.4) is 0 Å². The van der Waals surface area contributed by atoms with Crippen LogP contribution in [0.1, 0.15) is 87.9 Å². The highest BCUT2D eigenvalue weighted by Gasteiger charge is 2.24. The molecule has 0 spiro atoms. The number of methoxy groups -OCH3 is 1. The van der Waals surface area contributed by atoms with E-state index in [9.17, 15) is 24.0 Å². The molecule has 0 saturated heterocycles.